The third-order valence-electron chi connectivity index (χ3n) is 11.8. The van der Waals surface area contributed by atoms with Crippen molar-refractivity contribution in [2.24, 2.45) is 17.8 Å². The predicted octanol–water partition coefficient (Wildman–Crippen LogP) is 10.5. The second-order valence-electron chi connectivity index (χ2n) is 16.1. The summed E-state index contributed by atoms with van der Waals surface area (Å²) in [4.78, 5) is 47.4. The maximum absolute atomic E-state index is 14.6. The molecular weight excluding hydrogens is 759 g/mol. The van der Waals surface area contributed by atoms with Gasteiger partial charge in [0.15, 0.2) is 0 Å². The van der Waals surface area contributed by atoms with E-state index in [0.717, 1.165) is 12.0 Å². The Hall–Kier alpha value is -2.37. The van der Waals surface area contributed by atoms with Crippen LogP contribution in [0.15, 0.2) is 48.5 Å². The number of imide groups is 1. The van der Waals surface area contributed by atoms with Gasteiger partial charge >= 0.3 is 5.97 Å². The van der Waals surface area contributed by atoms with E-state index in [1.54, 1.807) is 36.5 Å². The van der Waals surface area contributed by atoms with Crippen molar-refractivity contribution in [1.82, 2.24) is 4.90 Å². The summed E-state index contributed by atoms with van der Waals surface area (Å²) in [5.41, 5.74) is 5.45. The second-order valence-corrected chi connectivity index (χ2v) is 26.1. The van der Waals surface area contributed by atoms with E-state index in [1.165, 1.54) is 41.1 Å². The third-order valence-corrected chi connectivity index (χ3v) is 20.3. The van der Waals surface area contributed by atoms with Gasteiger partial charge in [-0.25, -0.2) is 0 Å². The van der Waals surface area contributed by atoms with Gasteiger partial charge in [-0.3, -0.25) is 19.3 Å². The number of likely N-dealkylation sites (tertiary alicyclic amines) is 1. The Kier molecular flexibility index (Phi) is 10.6. The van der Waals surface area contributed by atoms with E-state index in [0.29, 0.717) is 23.2 Å². The van der Waals surface area contributed by atoms with Crippen LogP contribution in [0.4, 0.5) is 0 Å². The van der Waals surface area contributed by atoms with Crippen molar-refractivity contribution in [2.45, 2.75) is 109 Å². The molecule has 2 bridgehead atoms. The molecule has 1 saturated carbocycles. The molecule has 0 radical (unpaired) electrons. The van der Waals surface area contributed by atoms with Crippen LogP contribution in [0.3, 0.4) is 0 Å². The van der Waals surface area contributed by atoms with Crippen LogP contribution in [0.25, 0.3) is 16.0 Å². The zero-order chi connectivity index (χ0) is 37.2. The van der Waals surface area contributed by atoms with E-state index in [4.69, 9.17) is 9.16 Å². The lowest BCUT2D eigenvalue weighted by Gasteiger charge is -2.42. The lowest BCUT2D eigenvalue weighted by Crippen LogP contribution is -2.47. The average Bonchev–Trinajstić information content (AvgIpc) is 3.85. The number of hydrogen-bond acceptors (Lipinski definition) is 7. The summed E-state index contributed by atoms with van der Waals surface area (Å²) < 4.78 is 11.7. The Morgan fingerprint density at radius 2 is 1.63 bits per heavy atom. The fourth-order valence-corrected chi connectivity index (χ4v) is 17.5. The molecule has 1 aliphatic heterocycles. The van der Waals surface area contributed by atoms with Crippen molar-refractivity contribution < 1.29 is 23.5 Å². The summed E-state index contributed by atoms with van der Waals surface area (Å²) in [6.45, 7) is 22.2. The predicted molar refractivity (Wildman–Crippen MR) is 215 cm³/mol. The second kappa shape index (κ2) is 14.1. The normalized spacial score (nSPS) is 23.3. The Morgan fingerprint density at radius 3 is 2.24 bits per heavy atom. The smallest absolute Gasteiger partial charge is 0.322 e. The number of carbonyl (C=O) groups is 3. The van der Waals surface area contributed by atoms with Gasteiger partial charge in [0.05, 0.1) is 25.0 Å². The lowest BCUT2D eigenvalue weighted by atomic mass is 9.64. The van der Waals surface area contributed by atoms with E-state index >= 15 is 0 Å². The van der Waals surface area contributed by atoms with Gasteiger partial charge in [0.1, 0.15) is 10.9 Å². The molecule has 3 aromatic rings. The van der Waals surface area contributed by atoms with Crippen molar-refractivity contribution in [1.29, 1.82) is 0 Å². The number of carbonyl (C=O) groups excluding carboxylic acids is 3. The number of allylic oxidation sites excluding steroid dienone is 2. The highest BCUT2D eigenvalue weighted by Crippen LogP contribution is 2.68. The highest BCUT2D eigenvalue weighted by atomic mass is 79.9. The summed E-state index contributed by atoms with van der Waals surface area (Å²) >= 11 is 6.89. The van der Waals surface area contributed by atoms with Crippen molar-refractivity contribution in [2.75, 3.05) is 13.2 Å². The number of amides is 2. The molecular formula is C41H52BrNO5S2Si. The maximum Gasteiger partial charge on any atom is 0.322 e. The molecule has 1 saturated heterocycles. The van der Waals surface area contributed by atoms with Crippen molar-refractivity contribution in [3.8, 4) is 10.4 Å². The summed E-state index contributed by atoms with van der Waals surface area (Å²) in [5.74, 6) is -1.73. The van der Waals surface area contributed by atoms with Crippen LogP contribution in [0.5, 0.6) is 0 Å². The average molecular weight is 811 g/mol. The standard InChI is InChI=1S/C41H52BrNO5S2Si/c1-23(2)51(24(3)4,25(5)6)48-22-30-19-32(27(8)49-30)41-21-29(18-33(41)31-20-34(50-26(31)7)28-14-12-11-13-15-28)35-36(41)38(45)43(37(35)44)16-17-47-39(46)40(9,10)42/h11-15,18-20,23-25,29,35-36H,16-17,21-22H2,1-10H3/t29-,35-,36+,41+/m0/s1. The van der Waals surface area contributed by atoms with Crippen molar-refractivity contribution >= 4 is 70.3 Å². The van der Waals surface area contributed by atoms with E-state index in [9.17, 15) is 14.4 Å². The Labute approximate surface area is 321 Å². The van der Waals surface area contributed by atoms with Crippen LogP contribution in [-0.4, -0.2) is 48.5 Å². The topological polar surface area (TPSA) is 72.9 Å². The summed E-state index contributed by atoms with van der Waals surface area (Å²) in [6.07, 6.45) is 3.04. The number of aryl methyl sites for hydroxylation is 2. The Balaban J connectivity index is 1.41. The number of benzene rings is 1. The molecule has 2 aromatic heterocycles. The molecule has 51 heavy (non-hydrogen) atoms. The van der Waals surface area contributed by atoms with Gasteiger partial charge in [0, 0.05) is 24.9 Å². The minimum Gasteiger partial charge on any atom is -0.463 e. The fraction of sp³-hybridized carbons (Fsp3) is 0.537. The molecule has 0 N–H and O–H groups in total. The number of fused-ring (bicyclic) bond motifs is 5. The maximum atomic E-state index is 14.6. The monoisotopic (exact) mass is 809 g/mol. The van der Waals surface area contributed by atoms with Crippen LogP contribution in [-0.2, 0) is 35.6 Å². The van der Waals surface area contributed by atoms with Crippen LogP contribution in [0.2, 0.25) is 16.6 Å². The molecule has 3 heterocycles. The molecule has 6 rings (SSSR count). The summed E-state index contributed by atoms with van der Waals surface area (Å²) in [7, 11) is -2.10. The first-order valence-electron chi connectivity index (χ1n) is 18.3. The molecule has 2 fully saturated rings. The number of ether oxygens (including phenoxy) is 1. The van der Waals surface area contributed by atoms with Gasteiger partial charge in [-0.05, 0) is 91.1 Å². The van der Waals surface area contributed by atoms with Gasteiger partial charge in [-0.2, -0.15) is 0 Å². The van der Waals surface area contributed by atoms with Gasteiger partial charge in [0.25, 0.3) is 0 Å². The molecule has 0 spiro atoms. The van der Waals surface area contributed by atoms with E-state index in [-0.39, 0.29) is 30.9 Å². The molecule has 2 amide bonds. The van der Waals surface area contributed by atoms with Crippen molar-refractivity contribution in [3.63, 3.8) is 0 Å². The minimum atomic E-state index is -2.10. The zero-order valence-corrected chi connectivity index (χ0v) is 35.8. The number of alkyl halides is 1. The quantitative estimate of drug-likeness (QED) is 0.0744. The molecule has 4 atom stereocenters. The largest absolute Gasteiger partial charge is 0.463 e. The third kappa shape index (κ3) is 6.38. The number of rotatable bonds is 13. The van der Waals surface area contributed by atoms with Crippen LogP contribution in [0, 0.1) is 31.6 Å². The van der Waals surface area contributed by atoms with Crippen molar-refractivity contribution in [3.05, 3.63) is 74.3 Å². The first-order valence-corrected chi connectivity index (χ1v) is 22.8. The minimum absolute atomic E-state index is 0.0288. The van der Waals surface area contributed by atoms with Gasteiger partial charge < -0.3 is 9.16 Å². The Bertz CT molecular complexity index is 1830. The molecule has 3 aliphatic rings. The van der Waals surface area contributed by atoms with Crippen LogP contribution < -0.4 is 0 Å². The highest BCUT2D eigenvalue weighted by Gasteiger charge is 2.69. The number of hydrogen-bond donors (Lipinski definition) is 0. The molecule has 1 aromatic carbocycles. The molecule has 10 heteroatoms. The summed E-state index contributed by atoms with van der Waals surface area (Å²) in [5, 5.41) is 0. The van der Waals surface area contributed by atoms with E-state index < -0.39 is 35.9 Å². The van der Waals surface area contributed by atoms with E-state index in [2.05, 4.69) is 114 Å². The zero-order valence-electron chi connectivity index (χ0n) is 31.6. The Morgan fingerprint density at radius 1 is 0.980 bits per heavy atom. The number of halogens is 1. The fourth-order valence-electron chi connectivity index (χ4n) is 9.75. The highest BCUT2D eigenvalue weighted by molar-refractivity contribution is 9.10. The molecule has 0 unspecified atom stereocenters. The first kappa shape index (κ1) is 38.4. The molecule has 2 aliphatic carbocycles. The molecule has 6 nitrogen and oxygen atoms in total. The number of esters is 1. The first-order chi connectivity index (χ1) is 23.9. The number of nitrogens with zero attached hydrogens (tertiary/aromatic N) is 1. The lowest BCUT2D eigenvalue weighted by molar-refractivity contribution is -0.150. The van der Waals surface area contributed by atoms with Crippen LogP contribution >= 0.6 is 38.6 Å². The van der Waals surface area contributed by atoms with Gasteiger partial charge in [-0.15, -0.1) is 22.7 Å². The van der Waals surface area contributed by atoms with E-state index in [1.807, 2.05) is 6.07 Å². The number of thiophene rings is 2. The van der Waals surface area contributed by atoms with Gasteiger partial charge in [0.2, 0.25) is 20.1 Å². The SMILES string of the molecule is Cc1sc(-c2ccccc2)cc1C1=C[C@H]2C[C@]1(c1cc(CO[Si](C(C)C)(C(C)C)C(C)C)sc1C)[C@H]1C(=O)N(CCOC(=O)C(C)(C)Br)C(=O)[C@@H]21. The molecule has 274 valence electrons. The van der Waals surface area contributed by atoms with Crippen LogP contribution in [0.1, 0.15) is 87.6 Å². The van der Waals surface area contributed by atoms with Gasteiger partial charge in [-0.1, -0.05) is 93.9 Å². The summed E-state index contributed by atoms with van der Waals surface area (Å²) in [6, 6.07) is 15.0.